The first-order valence-electron chi connectivity index (χ1n) is 4.60. The first-order chi connectivity index (χ1) is 7.11. The van der Waals surface area contributed by atoms with Gasteiger partial charge in [-0.25, -0.2) is 4.79 Å². The molecule has 0 spiro atoms. The zero-order chi connectivity index (χ0) is 11.0. The van der Waals surface area contributed by atoms with Gasteiger partial charge < -0.3 is 10.0 Å². The number of carboxylic acids is 1. The molecule has 2 rings (SSSR count). The van der Waals surface area contributed by atoms with E-state index in [9.17, 15) is 9.59 Å². The second kappa shape index (κ2) is 3.34. The van der Waals surface area contributed by atoms with Gasteiger partial charge in [0.15, 0.2) is 0 Å². The van der Waals surface area contributed by atoms with Crippen LogP contribution in [0.2, 0.25) is 0 Å². The van der Waals surface area contributed by atoms with Gasteiger partial charge in [-0.3, -0.25) is 4.79 Å². The zero-order valence-electron chi connectivity index (χ0n) is 8.12. The highest BCUT2D eigenvalue weighted by Gasteiger charge is 2.39. The lowest BCUT2D eigenvalue weighted by atomic mass is 9.97. The van der Waals surface area contributed by atoms with E-state index in [1.54, 1.807) is 31.4 Å². The van der Waals surface area contributed by atoms with Gasteiger partial charge in [0.25, 0.3) is 5.91 Å². The summed E-state index contributed by atoms with van der Waals surface area (Å²) in [6, 6.07) is -0.855. The number of rotatable bonds is 1. The summed E-state index contributed by atoms with van der Waals surface area (Å²) in [5.41, 5.74) is 0. The summed E-state index contributed by atoms with van der Waals surface area (Å²) in [7, 11) is 0. The smallest absolute Gasteiger partial charge is 0.327 e. The minimum Gasteiger partial charge on any atom is -0.480 e. The van der Waals surface area contributed by atoms with Gasteiger partial charge in [-0.05, 0) is 12.2 Å². The van der Waals surface area contributed by atoms with Crippen LogP contribution in [0.5, 0.6) is 0 Å². The first kappa shape index (κ1) is 9.64. The SMILES string of the molecule is CC1C(=O)N=C2C=CC=CN2C1C(=O)O. The number of aliphatic imine (C=N–C) groups is 1. The predicted octanol–water partition coefficient (Wildman–Crippen LogP) is 0.400. The van der Waals surface area contributed by atoms with Crippen LogP contribution < -0.4 is 0 Å². The van der Waals surface area contributed by atoms with Gasteiger partial charge in [0.05, 0.1) is 5.92 Å². The molecule has 0 aliphatic carbocycles. The Kier molecular flexibility index (Phi) is 2.15. The monoisotopic (exact) mass is 206 g/mol. The third-order valence-electron chi connectivity index (χ3n) is 2.51. The second-order valence-electron chi connectivity index (χ2n) is 3.49. The molecule has 2 unspecified atom stereocenters. The molecule has 0 radical (unpaired) electrons. The lowest BCUT2D eigenvalue weighted by molar-refractivity contribution is -0.146. The quantitative estimate of drug-likeness (QED) is 0.674. The highest BCUT2D eigenvalue weighted by Crippen LogP contribution is 2.22. The van der Waals surface area contributed by atoms with Gasteiger partial charge in [0.2, 0.25) is 0 Å². The molecule has 2 aliphatic rings. The summed E-state index contributed by atoms with van der Waals surface area (Å²) in [6.07, 6.45) is 6.69. The van der Waals surface area contributed by atoms with Crippen molar-refractivity contribution in [3.8, 4) is 0 Å². The molecule has 5 nitrogen and oxygen atoms in total. The summed E-state index contributed by atoms with van der Waals surface area (Å²) in [5, 5.41) is 9.06. The van der Waals surface area contributed by atoms with Gasteiger partial charge in [-0.2, -0.15) is 4.99 Å². The number of hydrogen-bond donors (Lipinski definition) is 1. The third-order valence-corrected chi connectivity index (χ3v) is 2.51. The molecule has 1 N–H and O–H groups in total. The molecular formula is C10H10N2O3. The topological polar surface area (TPSA) is 70.0 Å². The number of amides is 1. The summed E-state index contributed by atoms with van der Waals surface area (Å²) >= 11 is 0. The van der Waals surface area contributed by atoms with E-state index < -0.39 is 17.9 Å². The third kappa shape index (κ3) is 1.45. The number of hydrogen-bond acceptors (Lipinski definition) is 3. The Balaban J connectivity index is 2.45. The Labute approximate surface area is 86.4 Å². The lowest BCUT2D eigenvalue weighted by Crippen LogP contribution is -2.51. The highest BCUT2D eigenvalue weighted by molar-refractivity contribution is 6.08. The fourth-order valence-corrected chi connectivity index (χ4v) is 1.70. The summed E-state index contributed by atoms with van der Waals surface area (Å²) in [6.45, 7) is 1.58. The largest absolute Gasteiger partial charge is 0.480 e. The van der Waals surface area contributed by atoms with Crippen molar-refractivity contribution in [3.05, 3.63) is 24.4 Å². The van der Waals surface area contributed by atoms with Crippen molar-refractivity contribution in [3.63, 3.8) is 0 Å². The fraction of sp³-hybridized carbons (Fsp3) is 0.300. The maximum Gasteiger partial charge on any atom is 0.327 e. The lowest BCUT2D eigenvalue weighted by Gasteiger charge is -2.34. The highest BCUT2D eigenvalue weighted by atomic mass is 16.4. The van der Waals surface area contributed by atoms with E-state index in [1.807, 2.05) is 0 Å². The summed E-state index contributed by atoms with van der Waals surface area (Å²) in [4.78, 5) is 27.8. The second-order valence-corrected chi connectivity index (χ2v) is 3.49. The van der Waals surface area contributed by atoms with Crippen molar-refractivity contribution >= 4 is 17.7 Å². The van der Waals surface area contributed by atoms with E-state index in [0.29, 0.717) is 5.84 Å². The van der Waals surface area contributed by atoms with Gasteiger partial charge in [0.1, 0.15) is 11.9 Å². The predicted molar refractivity (Wildman–Crippen MR) is 53.1 cm³/mol. The summed E-state index contributed by atoms with van der Waals surface area (Å²) < 4.78 is 0. The van der Waals surface area contributed by atoms with Crippen molar-refractivity contribution in [2.45, 2.75) is 13.0 Å². The molecular weight excluding hydrogens is 196 g/mol. The molecule has 15 heavy (non-hydrogen) atoms. The van der Waals surface area contributed by atoms with Crippen molar-refractivity contribution in [1.29, 1.82) is 0 Å². The van der Waals surface area contributed by atoms with Crippen molar-refractivity contribution < 1.29 is 14.7 Å². The molecule has 0 bridgehead atoms. The Morgan fingerprint density at radius 2 is 2.27 bits per heavy atom. The van der Waals surface area contributed by atoms with Crippen molar-refractivity contribution in [2.75, 3.05) is 0 Å². The first-order valence-corrected chi connectivity index (χ1v) is 4.60. The molecule has 5 heteroatoms. The maximum absolute atomic E-state index is 11.4. The van der Waals surface area contributed by atoms with Gasteiger partial charge in [-0.1, -0.05) is 13.0 Å². The van der Waals surface area contributed by atoms with E-state index in [1.165, 1.54) is 4.90 Å². The Bertz CT molecular complexity index is 409. The average molecular weight is 206 g/mol. The molecule has 0 aromatic rings. The minimum atomic E-state index is -1.01. The zero-order valence-corrected chi connectivity index (χ0v) is 8.12. The number of carboxylic acid groups (broad SMARTS) is 1. The number of allylic oxidation sites excluding steroid dienone is 2. The Hall–Kier alpha value is -1.91. The molecule has 0 saturated heterocycles. The number of nitrogens with zero attached hydrogens (tertiary/aromatic N) is 2. The fourth-order valence-electron chi connectivity index (χ4n) is 1.70. The van der Waals surface area contributed by atoms with Crippen LogP contribution in [0.3, 0.4) is 0 Å². The number of amidine groups is 1. The van der Waals surface area contributed by atoms with Gasteiger partial charge in [-0.15, -0.1) is 0 Å². The van der Waals surface area contributed by atoms with E-state index in [2.05, 4.69) is 4.99 Å². The number of carbonyl (C=O) groups is 2. The van der Waals surface area contributed by atoms with Gasteiger partial charge in [0, 0.05) is 6.20 Å². The molecule has 78 valence electrons. The molecule has 0 aromatic heterocycles. The minimum absolute atomic E-state index is 0.381. The van der Waals surface area contributed by atoms with E-state index >= 15 is 0 Å². The number of aliphatic carboxylic acids is 1. The molecule has 2 aliphatic heterocycles. The van der Waals surface area contributed by atoms with E-state index in [0.717, 1.165) is 0 Å². The maximum atomic E-state index is 11.4. The average Bonchev–Trinajstić information content (AvgIpc) is 2.19. The van der Waals surface area contributed by atoms with Crippen LogP contribution >= 0.6 is 0 Å². The molecule has 0 fully saturated rings. The molecule has 0 saturated carbocycles. The summed E-state index contributed by atoms with van der Waals surface area (Å²) in [5.74, 6) is -1.62. The van der Waals surface area contributed by atoms with Gasteiger partial charge >= 0.3 is 5.97 Å². The molecule has 2 atom stereocenters. The molecule has 2 heterocycles. The molecule has 1 amide bonds. The number of carbonyl (C=O) groups excluding carboxylic acids is 1. The van der Waals surface area contributed by atoms with Crippen LogP contribution in [0.15, 0.2) is 29.4 Å². The van der Waals surface area contributed by atoms with E-state index in [-0.39, 0.29) is 5.91 Å². The van der Waals surface area contributed by atoms with Crippen molar-refractivity contribution in [2.24, 2.45) is 10.9 Å². The van der Waals surface area contributed by atoms with Crippen LogP contribution in [0, 0.1) is 5.92 Å². The van der Waals surface area contributed by atoms with Crippen LogP contribution in [0.4, 0.5) is 0 Å². The number of fused-ring (bicyclic) bond motifs is 1. The molecule has 0 aromatic carbocycles. The van der Waals surface area contributed by atoms with Crippen LogP contribution in [-0.4, -0.2) is 33.8 Å². The van der Waals surface area contributed by atoms with Crippen molar-refractivity contribution in [1.82, 2.24) is 4.90 Å². The Morgan fingerprint density at radius 3 is 2.93 bits per heavy atom. The van der Waals surface area contributed by atoms with E-state index in [4.69, 9.17) is 5.11 Å². The normalized spacial score (nSPS) is 28.7. The van der Waals surface area contributed by atoms with Crippen LogP contribution in [0.1, 0.15) is 6.92 Å². The Morgan fingerprint density at radius 1 is 1.53 bits per heavy atom. The van der Waals surface area contributed by atoms with Crippen LogP contribution in [-0.2, 0) is 9.59 Å². The standard InChI is InChI=1S/C10H10N2O3/c1-6-8(10(14)15)12-5-3-2-4-7(12)11-9(6)13/h2-6,8H,1H3,(H,14,15). The van der Waals surface area contributed by atoms with Crippen LogP contribution in [0.25, 0.3) is 0 Å².